The van der Waals surface area contributed by atoms with Crippen molar-refractivity contribution in [1.82, 2.24) is 4.90 Å². The van der Waals surface area contributed by atoms with Crippen molar-refractivity contribution in [1.29, 1.82) is 0 Å². The topological polar surface area (TPSA) is 112 Å². The van der Waals surface area contributed by atoms with E-state index in [1.807, 2.05) is 20.8 Å². The molecule has 0 unspecified atom stereocenters. The molecule has 2 heterocycles. The highest BCUT2D eigenvalue weighted by Gasteiger charge is 2.44. The molecule has 9 heteroatoms. The maximum Gasteiger partial charge on any atom is 0.410 e. The van der Waals surface area contributed by atoms with Crippen LogP contribution >= 0.6 is 0 Å². The van der Waals surface area contributed by atoms with Crippen LogP contribution in [0.15, 0.2) is 36.4 Å². The van der Waals surface area contributed by atoms with Crippen LogP contribution in [0.4, 0.5) is 4.79 Å². The van der Waals surface area contributed by atoms with Crippen LogP contribution in [0, 0.1) is 0 Å². The molecule has 1 spiro atoms. The smallest absolute Gasteiger partial charge is 0.410 e. The van der Waals surface area contributed by atoms with Crippen molar-refractivity contribution in [3.05, 3.63) is 47.5 Å². The number of piperidine rings is 1. The minimum Gasteiger partial charge on any atom is -0.507 e. The quantitative estimate of drug-likeness (QED) is 0.569. The van der Waals surface area contributed by atoms with E-state index in [2.05, 4.69) is 0 Å². The monoisotopic (exact) mass is 513 g/mol. The van der Waals surface area contributed by atoms with Crippen LogP contribution < -0.4 is 14.2 Å². The molecule has 2 aliphatic heterocycles. The van der Waals surface area contributed by atoms with E-state index in [0.717, 1.165) is 0 Å². The SMILES string of the molecule is COc1ccc(C(C)=O)c(O)c1.COc1ccc2c(c1)OC1(CCN(C(=O)OC(C)(C)C)CC1)CC2=O. The van der Waals surface area contributed by atoms with Gasteiger partial charge in [-0.3, -0.25) is 9.59 Å². The zero-order chi connectivity index (χ0) is 27.4. The van der Waals surface area contributed by atoms with Gasteiger partial charge in [0.15, 0.2) is 11.6 Å². The Hall–Kier alpha value is -3.75. The fraction of sp³-hybridized carbons (Fsp3) is 0.464. The van der Waals surface area contributed by atoms with Crippen LogP contribution in [-0.4, -0.2) is 66.2 Å². The summed E-state index contributed by atoms with van der Waals surface area (Å²) in [6, 6.07) is 9.86. The zero-order valence-electron chi connectivity index (χ0n) is 22.3. The van der Waals surface area contributed by atoms with Gasteiger partial charge in [0.25, 0.3) is 0 Å². The van der Waals surface area contributed by atoms with Gasteiger partial charge in [-0.15, -0.1) is 0 Å². The average molecular weight is 514 g/mol. The van der Waals surface area contributed by atoms with E-state index in [9.17, 15) is 19.5 Å². The van der Waals surface area contributed by atoms with Gasteiger partial charge in [-0.25, -0.2) is 4.79 Å². The van der Waals surface area contributed by atoms with E-state index in [4.69, 9.17) is 18.9 Å². The Bertz CT molecular complexity index is 1160. The second-order valence-corrected chi connectivity index (χ2v) is 10.2. The molecule has 0 atom stereocenters. The number of phenolic OH excluding ortho intramolecular Hbond substituents is 1. The predicted molar refractivity (Wildman–Crippen MR) is 137 cm³/mol. The van der Waals surface area contributed by atoms with Crippen molar-refractivity contribution in [2.45, 2.75) is 58.2 Å². The highest BCUT2D eigenvalue weighted by molar-refractivity contribution is 6.00. The summed E-state index contributed by atoms with van der Waals surface area (Å²) in [6.45, 7) is 7.99. The van der Waals surface area contributed by atoms with Gasteiger partial charge < -0.3 is 29.0 Å². The third kappa shape index (κ3) is 6.93. The number of Topliss-reactive ketones (excluding diaryl/α,β-unsaturated/α-hetero) is 2. The number of amides is 1. The first-order valence-corrected chi connectivity index (χ1v) is 12.1. The maximum atomic E-state index is 12.5. The molecule has 0 bridgehead atoms. The number of likely N-dealkylation sites (tertiary alicyclic amines) is 1. The number of carbonyl (C=O) groups is 3. The third-order valence-electron chi connectivity index (χ3n) is 6.21. The molecule has 2 aromatic rings. The molecule has 0 aromatic heterocycles. The van der Waals surface area contributed by atoms with E-state index in [1.54, 1.807) is 36.3 Å². The molecule has 2 aliphatic rings. The summed E-state index contributed by atoms with van der Waals surface area (Å²) < 4.78 is 21.7. The van der Waals surface area contributed by atoms with Gasteiger partial charge in [-0.05, 0) is 52.0 Å². The van der Waals surface area contributed by atoms with Crippen molar-refractivity contribution in [3.8, 4) is 23.0 Å². The highest BCUT2D eigenvalue weighted by atomic mass is 16.6. The number of carbonyl (C=O) groups excluding carboxylic acids is 3. The summed E-state index contributed by atoms with van der Waals surface area (Å²) >= 11 is 0. The number of ether oxygens (including phenoxy) is 4. The fourth-order valence-electron chi connectivity index (χ4n) is 4.24. The minimum atomic E-state index is -0.547. The Morgan fingerprint density at radius 3 is 2.14 bits per heavy atom. The van der Waals surface area contributed by atoms with Crippen molar-refractivity contribution in [2.24, 2.45) is 0 Å². The normalized spacial score (nSPS) is 16.1. The first-order chi connectivity index (χ1) is 17.4. The first-order valence-electron chi connectivity index (χ1n) is 12.1. The number of ketones is 2. The van der Waals surface area contributed by atoms with E-state index < -0.39 is 11.2 Å². The van der Waals surface area contributed by atoms with Crippen molar-refractivity contribution in [3.63, 3.8) is 0 Å². The molecule has 1 N–H and O–H groups in total. The largest absolute Gasteiger partial charge is 0.507 e. The van der Waals surface area contributed by atoms with Crippen molar-refractivity contribution >= 4 is 17.7 Å². The second kappa shape index (κ2) is 11.1. The van der Waals surface area contributed by atoms with Crippen LogP contribution in [0.25, 0.3) is 0 Å². The Labute approximate surface area is 217 Å². The predicted octanol–water partition coefficient (Wildman–Crippen LogP) is 5.03. The molecular formula is C28H35NO8. The summed E-state index contributed by atoms with van der Waals surface area (Å²) in [5.41, 5.74) is -0.148. The van der Waals surface area contributed by atoms with E-state index in [0.29, 0.717) is 60.7 Å². The van der Waals surface area contributed by atoms with Crippen molar-refractivity contribution in [2.75, 3.05) is 27.3 Å². The molecular weight excluding hydrogens is 478 g/mol. The fourth-order valence-corrected chi connectivity index (χ4v) is 4.24. The number of rotatable bonds is 3. The molecule has 0 saturated carbocycles. The van der Waals surface area contributed by atoms with Crippen LogP contribution in [0.1, 0.15) is 67.7 Å². The Morgan fingerprint density at radius 1 is 1.00 bits per heavy atom. The lowest BCUT2D eigenvalue weighted by Gasteiger charge is -2.44. The van der Waals surface area contributed by atoms with Gasteiger partial charge in [0.1, 0.15) is 34.2 Å². The van der Waals surface area contributed by atoms with Crippen LogP contribution in [0.2, 0.25) is 0 Å². The standard InChI is InChI=1S/C19H25NO5.C9H10O3/c1-18(2,3)25-17(22)20-9-7-19(8-10-20)12-15(21)14-6-5-13(23-4)11-16(14)24-19;1-6(10)8-4-3-7(12-2)5-9(8)11/h5-6,11H,7-10,12H2,1-4H3;3-5,11H,1-2H3. The zero-order valence-corrected chi connectivity index (χ0v) is 22.3. The Morgan fingerprint density at radius 2 is 1.59 bits per heavy atom. The number of phenols is 1. The van der Waals surface area contributed by atoms with E-state index in [1.165, 1.54) is 26.2 Å². The third-order valence-corrected chi connectivity index (χ3v) is 6.21. The number of aromatic hydroxyl groups is 1. The molecule has 1 fully saturated rings. The average Bonchev–Trinajstić information content (AvgIpc) is 2.83. The lowest BCUT2D eigenvalue weighted by atomic mass is 9.82. The van der Waals surface area contributed by atoms with Gasteiger partial charge in [-0.1, -0.05) is 0 Å². The Kier molecular flexibility index (Phi) is 8.35. The van der Waals surface area contributed by atoms with Gasteiger partial charge in [0.05, 0.1) is 31.8 Å². The Balaban J connectivity index is 0.000000266. The summed E-state index contributed by atoms with van der Waals surface area (Å²) in [7, 11) is 3.09. The second-order valence-electron chi connectivity index (χ2n) is 10.2. The van der Waals surface area contributed by atoms with Gasteiger partial charge in [0, 0.05) is 38.1 Å². The van der Waals surface area contributed by atoms with E-state index in [-0.39, 0.29) is 23.4 Å². The van der Waals surface area contributed by atoms with Crippen molar-refractivity contribution < 1.29 is 38.4 Å². The summed E-state index contributed by atoms with van der Waals surface area (Å²) in [5.74, 6) is 1.65. The number of hydrogen-bond acceptors (Lipinski definition) is 8. The summed E-state index contributed by atoms with van der Waals surface area (Å²) in [4.78, 5) is 37.3. The minimum absolute atomic E-state index is 0.0400. The molecule has 1 saturated heterocycles. The van der Waals surface area contributed by atoms with E-state index >= 15 is 0 Å². The molecule has 0 aliphatic carbocycles. The summed E-state index contributed by atoms with van der Waals surface area (Å²) in [5, 5.41) is 9.29. The number of methoxy groups -OCH3 is 2. The number of benzene rings is 2. The van der Waals surface area contributed by atoms with Crippen LogP contribution in [-0.2, 0) is 4.74 Å². The van der Waals surface area contributed by atoms with Crippen LogP contribution in [0.3, 0.4) is 0 Å². The van der Waals surface area contributed by atoms with Crippen LogP contribution in [0.5, 0.6) is 23.0 Å². The lowest BCUT2D eigenvalue weighted by Crippen LogP contribution is -2.52. The number of hydrogen-bond donors (Lipinski definition) is 1. The molecule has 4 rings (SSSR count). The highest BCUT2D eigenvalue weighted by Crippen LogP contribution is 2.41. The first kappa shape index (κ1) is 27.8. The van der Waals surface area contributed by atoms with Gasteiger partial charge in [-0.2, -0.15) is 0 Å². The number of nitrogens with zero attached hydrogens (tertiary/aromatic N) is 1. The molecule has 200 valence electrons. The maximum absolute atomic E-state index is 12.5. The lowest BCUT2D eigenvalue weighted by molar-refractivity contribution is -0.0226. The molecule has 9 nitrogen and oxygen atoms in total. The molecule has 2 aromatic carbocycles. The summed E-state index contributed by atoms with van der Waals surface area (Å²) in [6.07, 6.45) is 1.24. The molecule has 0 radical (unpaired) electrons. The molecule has 1 amide bonds. The van der Waals surface area contributed by atoms with Gasteiger partial charge in [0.2, 0.25) is 0 Å². The van der Waals surface area contributed by atoms with Gasteiger partial charge >= 0.3 is 6.09 Å². The number of fused-ring (bicyclic) bond motifs is 1. The molecule has 37 heavy (non-hydrogen) atoms.